The van der Waals surface area contributed by atoms with E-state index < -0.39 is 0 Å². The van der Waals surface area contributed by atoms with Crippen molar-refractivity contribution in [2.75, 3.05) is 7.05 Å². The van der Waals surface area contributed by atoms with Crippen molar-refractivity contribution in [3.63, 3.8) is 0 Å². The Morgan fingerprint density at radius 3 is 2.78 bits per heavy atom. The van der Waals surface area contributed by atoms with E-state index in [0.717, 1.165) is 48.8 Å². The summed E-state index contributed by atoms with van der Waals surface area (Å²) in [6.45, 7) is 5.53. The summed E-state index contributed by atoms with van der Waals surface area (Å²) in [6.07, 6.45) is 3.33. The maximum absolute atomic E-state index is 12.4. The molecule has 0 saturated carbocycles. The Balaban J connectivity index is 1.59. The zero-order chi connectivity index (χ0) is 16.6. The quantitative estimate of drug-likeness (QED) is 0.830. The molecule has 1 amide bonds. The molecule has 0 bridgehead atoms. The second-order valence-corrected chi connectivity index (χ2v) is 6.31. The van der Waals surface area contributed by atoms with E-state index in [1.54, 1.807) is 4.90 Å². The molecule has 0 radical (unpaired) electrons. The average molecular weight is 316 g/mol. The van der Waals surface area contributed by atoms with Gasteiger partial charge in [0.15, 0.2) is 5.82 Å². The monoisotopic (exact) mass is 316 g/mol. The third kappa shape index (κ3) is 3.00. The summed E-state index contributed by atoms with van der Waals surface area (Å²) in [5.74, 6) is 2.06. The second-order valence-electron chi connectivity index (χ2n) is 6.31. The number of amides is 1. The van der Waals surface area contributed by atoms with Gasteiger partial charge in [0.1, 0.15) is 5.82 Å². The summed E-state index contributed by atoms with van der Waals surface area (Å²) in [5.41, 5.74) is 3.32. The fourth-order valence-corrected chi connectivity index (χ4v) is 3.23. The highest BCUT2D eigenvalue weighted by Gasteiger charge is 2.20. The number of hydrogen-bond donors (Lipinski definition) is 0. The van der Waals surface area contributed by atoms with E-state index >= 15 is 0 Å². The van der Waals surface area contributed by atoms with E-state index in [1.807, 2.05) is 32.6 Å². The van der Waals surface area contributed by atoms with Crippen LogP contribution in [0.4, 0.5) is 0 Å². The molecule has 0 fully saturated rings. The SMILES string of the molecule is Cc1nn(C)c(C)c1CCC(=O)N(C)Cc1nnc2n1CCC2. The summed E-state index contributed by atoms with van der Waals surface area (Å²) in [7, 11) is 3.77. The van der Waals surface area contributed by atoms with Crippen LogP contribution in [0, 0.1) is 13.8 Å². The van der Waals surface area contributed by atoms with Gasteiger partial charge in [-0.15, -0.1) is 10.2 Å². The van der Waals surface area contributed by atoms with Gasteiger partial charge >= 0.3 is 0 Å². The minimum Gasteiger partial charge on any atom is -0.338 e. The summed E-state index contributed by atoms with van der Waals surface area (Å²) in [6, 6.07) is 0. The normalized spacial score (nSPS) is 13.4. The molecule has 0 atom stereocenters. The van der Waals surface area contributed by atoms with Crippen LogP contribution in [0.1, 0.15) is 41.4 Å². The van der Waals surface area contributed by atoms with E-state index in [4.69, 9.17) is 0 Å². The van der Waals surface area contributed by atoms with E-state index in [0.29, 0.717) is 13.0 Å². The number of hydrogen-bond acceptors (Lipinski definition) is 4. The number of fused-ring (bicyclic) bond motifs is 1. The molecule has 0 spiro atoms. The van der Waals surface area contributed by atoms with Crippen LogP contribution >= 0.6 is 0 Å². The molecule has 0 saturated heterocycles. The number of aryl methyl sites for hydroxylation is 3. The van der Waals surface area contributed by atoms with Gasteiger partial charge in [-0.05, 0) is 32.3 Å². The lowest BCUT2D eigenvalue weighted by Crippen LogP contribution is -2.28. The van der Waals surface area contributed by atoms with Gasteiger partial charge in [0.25, 0.3) is 0 Å². The highest BCUT2D eigenvalue weighted by atomic mass is 16.2. The highest BCUT2D eigenvalue weighted by Crippen LogP contribution is 2.17. The molecule has 2 aromatic heterocycles. The van der Waals surface area contributed by atoms with Gasteiger partial charge in [-0.2, -0.15) is 5.10 Å². The Kier molecular flexibility index (Phi) is 4.19. The molecule has 0 aliphatic carbocycles. The van der Waals surface area contributed by atoms with Gasteiger partial charge in [-0.25, -0.2) is 0 Å². The van der Waals surface area contributed by atoms with Crippen molar-refractivity contribution in [3.8, 4) is 0 Å². The zero-order valence-corrected chi connectivity index (χ0v) is 14.3. The number of aromatic nitrogens is 5. The van der Waals surface area contributed by atoms with Crippen LogP contribution in [0.5, 0.6) is 0 Å². The predicted octanol–water partition coefficient (Wildman–Crippen LogP) is 1.17. The largest absolute Gasteiger partial charge is 0.338 e. The first-order valence-electron chi connectivity index (χ1n) is 8.11. The maximum atomic E-state index is 12.4. The molecule has 7 heteroatoms. The van der Waals surface area contributed by atoms with E-state index in [2.05, 4.69) is 19.9 Å². The van der Waals surface area contributed by atoms with E-state index in [1.165, 1.54) is 5.56 Å². The Bertz CT molecular complexity index is 729. The summed E-state index contributed by atoms with van der Waals surface area (Å²) in [4.78, 5) is 14.2. The second kappa shape index (κ2) is 6.14. The zero-order valence-electron chi connectivity index (χ0n) is 14.3. The van der Waals surface area contributed by atoms with Crippen LogP contribution in [0.3, 0.4) is 0 Å². The summed E-state index contributed by atoms with van der Waals surface area (Å²) >= 11 is 0. The lowest BCUT2D eigenvalue weighted by Gasteiger charge is -2.17. The number of carbonyl (C=O) groups excluding carboxylic acids is 1. The van der Waals surface area contributed by atoms with Gasteiger partial charge in [0.05, 0.1) is 12.2 Å². The Labute approximate surface area is 136 Å². The number of carbonyl (C=O) groups is 1. The molecule has 0 N–H and O–H groups in total. The van der Waals surface area contributed by atoms with Crippen LogP contribution < -0.4 is 0 Å². The van der Waals surface area contributed by atoms with Crippen molar-refractivity contribution in [1.29, 1.82) is 0 Å². The fraction of sp³-hybridized carbons (Fsp3) is 0.625. The van der Waals surface area contributed by atoms with Crippen LogP contribution in [0.15, 0.2) is 0 Å². The Hall–Kier alpha value is -2.18. The molecule has 23 heavy (non-hydrogen) atoms. The van der Waals surface area contributed by atoms with E-state index in [-0.39, 0.29) is 5.91 Å². The maximum Gasteiger partial charge on any atom is 0.223 e. The molecule has 124 valence electrons. The van der Waals surface area contributed by atoms with Crippen LogP contribution in [-0.2, 0) is 37.8 Å². The molecule has 3 heterocycles. The third-order valence-corrected chi connectivity index (χ3v) is 4.74. The first-order valence-corrected chi connectivity index (χ1v) is 8.11. The molecule has 1 aliphatic heterocycles. The number of rotatable bonds is 5. The van der Waals surface area contributed by atoms with Crippen molar-refractivity contribution >= 4 is 5.91 Å². The topological polar surface area (TPSA) is 68.8 Å². The predicted molar refractivity (Wildman–Crippen MR) is 85.8 cm³/mol. The fourth-order valence-electron chi connectivity index (χ4n) is 3.23. The molecule has 2 aromatic rings. The Morgan fingerprint density at radius 2 is 2.09 bits per heavy atom. The standard InChI is InChI=1S/C16H24N6O/c1-11-13(12(2)21(4)19-11)7-8-16(23)20(3)10-15-18-17-14-6-5-9-22(14)15/h5-10H2,1-4H3. The van der Waals surface area contributed by atoms with Gasteiger partial charge in [-0.1, -0.05) is 0 Å². The minimum absolute atomic E-state index is 0.128. The molecular weight excluding hydrogens is 292 g/mol. The van der Waals surface area contributed by atoms with Gasteiger partial charge in [-0.3, -0.25) is 9.48 Å². The van der Waals surface area contributed by atoms with Gasteiger partial charge < -0.3 is 9.47 Å². The smallest absolute Gasteiger partial charge is 0.223 e. The molecule has 3 rings (SSSR count). The molecule has 0 unspecified atom stereocenters. The van der Waals surface area contributed by atoms with Crippen molar-refractivity contribution in [1.82, 2.24) is 29.4 Å². The summed E-state index contributed by atoms with van der Waals surface area (Å²) < 4.78 is 4.01. The summed E-state index contributed by atoms with van der Waals surface area (Å²) in [5, 5.41) is 12.8. The molecule has 7 nitrogen and oxygen atoms in total. The van der Waals surface area contributed by atoms with Crippen molar-refractivity contribution in [3.05, 3.63) is 28.6 Å². The van der Waals surface area contributed by atoms with Crippen molar-refractivity contribution in [2.45, 2.75) is 52.6 Å². The molecule has 1 aliphatic rings. The molecular formula is C16H24N6O. The van der Waals surface area contributed by atoms with Crippen LogP contribution in [0.2, 0.25) is 0 Å². The third-order valence-electron chi connectivity index (χ3n) is 4.74. The Morgan fingerprint density at radius 1 is 1.30 bits per heavy atom. The van der Waals surface area contributed by atoms with Gasteiger partial charge in [0.2, 0.25) is 5.91 Å². The average Bonchev–Trinajstić information content (AvgIpc) is 3.16. The first kappa shape index (κ1) is 15.7. The lowest BCUT2D eigenvalue weighted by molar-refractivity contribution is -0.130. The van der Waals surface area contributed by atoms with Crippen LogP contribution in [0.25, 0.3) is 0 Å². The van der Waals surface area contributed by atoms with Crippen LogP contribution in [-0.4, -0.2) is 42.4 Å². The highest BCUT2D eigenvalue weighted by molar-refractivity contribution is 5.76. The van der Waals surface area contributed by atoms with Crippen molar-refractivity contribution in [2.24, 2.45) is 7.05 Å². The van der Waals surface area contributed by atoms with E-state index in [9.17, 15) is 4.79 Å². The lowest BCUT2D eigenvalue weighted by atomic mass is 10.1. The number of nitrogens with zero attached hydrogens (tertiary/aromatic N) is 6. The first-order chi connectivity index (χ1) is 11.0. The molecule has 0 aromatic carbocycles. The minimum atomic E-state index is 0.128. The van der Waals surface area contributed by atoms with Crippen molar-refractivity contribution < 1.29 is 4.79 Å². The van der Waals surface area contributed by atoms with Gasteiger partial charge in [0, 0.05) is 39.2 Å².